The lowest BCUT2D eigenvalue weighted by atomic mass is 10.3. The Balaban J connectivity index is 1.68. The number of anilines is 1. The molecule has 106 valence electrons. The predicted octanol–water partition coefficient (Wildman–Crippen LogP) is 1.41. The molecule has 1 N–H and O–H groups in total. The average molecular weight is 282 g/mol. The Hall–Kier alpha value is -2.54. The van der Waals surface area contributed by atoms with Gasteiger partial charge < -0.3 is 10.1 Å². The van der Waals surface area contributed by atoms with E-state index in [2.05, 4.69) is 25.3 Å². The number of rotatable bonds is 3. The fraction of sp³-hybridized carbons (Fsp3) is 0.286. The number of nitrogens with zero attached hydrogens (tertiary/aromatic N) is 5. The number of nitrogens with one attached hydrogen (secondary N) is 1. The molecule has 1 unspecified atom stereocenters. The lowest BCUT2D eigenvalue weighted by Crippen LogP contribution is -2.20. The molecular weight excluding hydrogens is 268 g/mol. The molecule has 7 heteroatoms. The van der Waals surface area contributed by atoms with Crippen LogP contribution in [0.25, 0.3) is 17.0 Å². The van der Waals surface area contributed by atoms with E-state index in [0.717, 1.165) is 24.4 Å². The standard InChI is InChI=1S/C14H14N6O/c1-2-11-13(15-5-1)17-9-20(11)12-3-6-16-14(19-12)18-10-4-7-21-8-10/h1-3,5-6,9-10H,4,7-8H2,(H,16,18,19). The quantitative estimate of drug-likeness (QED) is 0.782. The van der Waals surface area contributed by atoms with E-state index in [1.165, 1.54) is 0 Å². The minimum Gasteiger partial charge on any atom is -0.379 e. The smallest absolute Gasteiger partial charge is 0.224 e. The summed E-state index contributed by atoms with van der Waals surface area (Å²) in [5.74, 6) is 1.37. The van der Waals surface area contributed by atoms with Gasteiger partial charge in [0.2, 0.25) is 5.95 Å². The Bertz CT molecular complexity index is 765. The van der Waals surface area contributed by atoms with Crippen LogP contribution in [0.15, 0.2) is 36.9 Å². The average Bonchev–Trinajstić information content (AvgIpc) is 3.16. The summed E-state index contributed by atoms with van der Waals surface area (Å²) in [5, 5.41) is 3.29. The van der Waals surface area contributed by atoms with Crippen molar-refractivity contribution < 1.29 is 4.74 Å². The van der Waals surface area contributed by atoms with E-state index >= 15 is 0 Å². The van der Waals surface area contributed by atoms with Crippen molar-refractivity contribution in [2.45, 2.75) is 12.5 Å². The van der Waals surface area contributed by atoms with Gasteiger partial charge in [0.25, 0.3) is 0 Å². The van der Waals surface area contributed by atoms with E-state index in [4.69, 9.17) is 4.74 Å². The Kier molecular flexibility index (Phi) is 2.97. The largest absolute Gasteiger partial charge is 0.379 e. The van der Waals surface area contributed by atoms with Gasteiger partial charge in [-0.15, -0.1) is 0 Å². The number of hydrogen-bond acceptors (Lipinski definition) is 6. The molecule has 0 bridgehead atoms. The molecule has 1 aliphatic heterocycles. The molecule has 4 rings (SSSR count). The van der Waals surface area contributed by atoms with Gasteiger partial charge in [0.1, 0.15) is 12.1 Å². The second-order valence-corrected chi connectivity index (χ2v) is 4.90. The molecule has 0 aliphatic carbocycles. The van der Waals surface area contributed by atoms with Crippen molar-refractivity contribution in [1.29, 1.82) is 0 Å². The van der Waals surface area contributed by atoms with Crippen molar-refractivity contribution in [1.82, 2.24) is 24.5 Å². The summed E-state index contributed by atoms with van der Waals surface area (Å²) in [4.78, 5) is 17.3. The lowest BCUT2D eigenvalue weighted by Gasteiger charge is -2.11. The summed E-state index contributed by atoms with van der Waals surface area (Å²) in [6.45, 7) is 1.49. The molecule has 1 aliphatic rings. The maximum absolute atomic E-state index is 5.35. The van der Waals surface area contributed by atoms with Crippen LogP contribution in [0.2, 0.25) is 0 Å². The topological polar surface area (TPSA) is 77.8 Å². The maximum Gasteiger partial charge on any atom is 0.224 e. The fourth-order valence-electron chi connectivity index (χ4n) is 2.42. The van der Waals surface area contributed by atoms with Crippen molar-refractivity contribution in [2.24, 2.45) is 0 Å². The van der Waals surface area contributed by atoms with Gasteiger partial charge in [-0.1, -0.05) is 0 Å². The first-order valence-corrected chi connectivity index (χ1v) is 6.86. The summed E-state index contributed by atoms with van der Waals surface area (Å²) in [6.07, 6.45) is 6.17. The van der Waals surface area contributed by atoms with Crippen LogP contribution in [0.5, 0.6) is 0 Å². The Morgan fingerprint density at radius 2 is 2.19 bits per heavy atom. The number of aromatic nitrogens is 5. The van der Waals surface area contributed by atoms with Crippen molar-refractivity contribution in [3.63, 3.8) is 0 Å². The minimum absolute atomic E-state index is 0.279. The molecule has 1 fully saturated rings. The Morgan fingerprint density at radius 3 is 3.10 bits per heavy atom. The molecular formula is C14H14N6O. The Morgan fingerprint density at radius 1 is 1.19 bits per heavy atom. The first-order valence-electron chi connectivity index (χ1n) is 6.86. The fourth-order valence-corrected chi connectivity index (χ4v) is 2.42. The van der Waals surface area contributed by atoms with Gasteiger partial charge in [0, 0.05) is 19.0 Å². The maximum atomic E-state index is 5.35. The molecule has 0 aromatic carbocycles. The molecule has 7 nitrogen and oxygen atoms in total. The van der Waals surface area contributed by atoms with Gasteiger partial charge in [-0.25, -0.2) is 15.0 Å². The summed E-state index contributed by atoms with van der Waals surface area (Å²) < 4.78 is 7.25. The molecule has 0 radical (unpaired) electrons. The van der Waals surface area contributed by atoms with Crippen LogP contribution in [-0.4, -0.2) is 43.8 Å². The highest BCUT2D eigenvalue weighted by molar-refractivity contribution is 5.72. The summed E-state index contributed by atoms with van der Waals surface area (Å²) >= 11 is 0. The SMILES string of the molecule is c1cnc2ncn(-c3ccnc(NC4CCOC4)n3)c2c1. The van der Waals surface area contributed by atoms with Crippen LogP contribution in [0, 0.1) is 0 Å². The van der Waals surface area contributed by atoms with E-state index in [1.807, 2.05) is 22.8 Å². The lowest BCUT2D eigenvalue weighted by molar-refractivity contribution is 0.195. The zero-order chi connectivity index (χ0) is 14.1. The monoisotopic (exact) mass is 282 g/mol. The molecule has 1 atom stereocenters. The number of pyridine rings is 1. The molecule has 3 aromatic heterocycles. The van der Waals surface area contributed by atoms with Crippen molar-refractivity contribution in [2.75, 3.05) is 18.5 Å². The van der Waals surface area contributed by atoms with E-state index in [9.17, 15) is 0 Å². The number of ether oxygens (including phenoxy) is 1. The van der Waals surface area contributed by atoms with Crippen LogP contribution >= 0.6 is 0 Å². The molecule has 0 amide bonds. The number of imidazole rings is 1. The third kappa shape index (κ3) is 2.31. The molecule has 3 aromatic rings. The molecule has 1 saturated heterocycles. The minimum atomic E-state index is 0.279. The third-order valence-corrected chi connectivity index (χ3v) is 3.47. The highest BCUT2D eigenvalue weighted by atomic mass is 16.5. The van der Waals surface area contributed by atoms with E-state index in [0.29, 0.717) is 18.2 Å². The summed E-state index contributed by atoms with van der Waals surface area (Å²) in [6, 6.07) is 5.98. The van der Waals surface area contributed by atoms with E-state index in [-0.39, 0.29) is 6.04 Å². The van der Waals surface area contributed by atoms with Crippen LogP contribution < -0.4 is 5.32 Å². The summed E-state index contributed by atoms with van der Waals surface area (Å²) in [5.41, 5.74) is 1.63. The van der Waals surface area contributed by atoms with Crippen LogP contribution in [-0.2, 0) is 4.74 Å². The highest BCUT2D eigenvalue weighted by Gasteiger charge is 2.16. The van der Waals surface area contributed by atoms with Gasteiger partial charge in [-0.2, -0.15) is 4.98 Å². The van der Waals surface area contributed by atoms with Gasteiger partial charge in [0.15, 0.2) is 5.65 Å². The zero-order valence-electron chi connectivity index (χ0n) is 11.3. The second kappa shape index (κ2) is 5.10. The first-order chi connectivity index (χ1) is 10.4. The zero-order valence-corrected chi connectivity index (χ0v) is 11.3. The normalized spacial score (nSPS) is 18.2. The molecule has 21 heavy (non-hydrogen) atoms. The number of hydrogen-bond donors (Lipinski definition) is 1. The Labute approximate surface area is 121 Å². The highest BCUT2D eigenvalue weighted by Crippen LogP contribution is 2.16. The van der Waals surface area contributed by atoms with Crippen LogP contribution in [0.3, 0.4) is 0 Å². The van der Waals surface area contributed by atoms with Crippen LogP contribution in [0.1, 0.15) is 6.42 Å². The second-order valence-electron chi connectivity index (χ2n) is 4.90. The first kappa shape index (κ1) is 12.2. The van der Waals surface area contributed by atoms with Gasteiger partial charge in [-0.05, 0) is 24.6 Å². The van der Waals surface area contributed by atoms with Gasteiger partial charge in [0.05, 0.1) is 18.2 Å². The van der Waals surface area contributed by atoms with E-state index in [1.54, 1.807) is 18.7 Å². The summed E-state index contributed by atoms with van der Waals surface area (Å²) in [7, 11) is 0. The van der Waals surface area contributed by atoms with Crippen molar-refractivity contribution >= 4 is 17.1 Å². The predicted molar refractivity (Wildman–Crippen MR) is 77.3 cm³/mol. The van der Waals surface area contributed by atoms with E-state index < -0.39 is 0 Å². The molecule has 4 heterocycles. The number of fused-ring (bicyclic) bond motifs is 1. The molecule has 0 saturated carbocycles. The van der Waals surface area contributed by atoms with Crippen molar-refractivity contribution in [3.05, 3.63) is 36.9 Å². The van der Waals surface area contributed by atoms with Gasteiger partial charge in [-0.3, -0.25) is 4.57 Å². The van der Waals surface area contributed by atoms with Crippen LogP contribution in [0.4, 0.5) is 5.95 Å². The molecule has 0 spiro atoms. The van der Waals surface area contributed by atoms with Gasteiger partial charge >= 0.3 is 0 Å². The van der Waals surface area contributed by atoms with Crippen molar-refractivity contribution in [3.8, 4) is 5.82 Å². The third-order valence-electron chi connectivity index (χ3n) is 3.47.